The molecule has 0 radical (unpaired) electrons. The number of ether oxygens (including phenoxy) is 1. The van der Waals surface area contributed by atoms with Crippen LogP contribution in [0.15, 0.2) is 18.2 Å². The number of halogens is 1. The van der Waals surface area contributed by atoms with E-state index in [9.17, 15) is 18.0 Å². The summed E-state index contributed by atoms with van der Waals surface area (Å²) >= 11 is 5.71. The zero-order chi connectivity index (χ0) is 16.0. The monoisotopic (exact) mass is 334 g/mol. The van der Waals surface area contributed by atoms with E-state index < -0.39 is 33.2 Å². The molecule has 0 unspecified atom stereocenters. The Hall–Kier alpha value is -1.80. The number of hydrogen-bond donors (Lipinski definition) is 2. The molecule has 21 heavy (non-hydrogen) atoms. The van der Waals surface area contributed by atoms with E-state index in [2.05, 4.69) is 10.1 Å². The Bertz CT molecular complexity index is 645. The van der Waals surface area contributed by atoms with Crippen LogP contribution >= 0.6 is 11.6 Å². The lowest BCUT2D eigenvalue weighted by Gasteiger charge is -2.09. The van der Waals surface area contributed by atoms with Crippen molar-refractivity contribution in [2.45, 2.75) is 6.92 Å². The molecule has 116 valence electrons. The number of benzene rings is 1. The third-order valence-electron chi connectivity index (χ3n) is 2.28. The number of anilines is 2. The highest BCUT2D eigenvalue weighted by Crippen LogP contribution is 2.22. The molecule has 0 atom stereocenters. The normalized spacial score (nSPS) is 11.0. The van der Waals surface area contributed by atoms with Crippen LogP contribution in [0, 0.1) is 0 Å². The van der Waals surface area contributed by atoms with Gasteiger partial charge in [-0.1, -0.05) is 11.6 Å². The molecule has 1 amide bonds. The van der Waals surface area contributed by atoms with E-state index in [-0.39, 0.29) is 18.0 Å². The zero-order valence-electron chi connectivity index (χ0n) is 11.3. The predicted molar refractivity (Wildman–Crippen MR) is 79.8 cm³/mol. The van der Waals surface area contributed by atoms with Crippen molar-refractivity contribution in [3.63, 3.8) is 0 Å². The number of amides is 1. The maximum atomic E-state index is 11.7. The van der Waals surface area contributed by atoms with Crippen molar-refractivity contribution in [3.8, 4) is 0 Å². The van der Waals surface area contributed by atoms with Gasteiger partial charge in [-0.25, -0.2) is 8.42 Å². The number of hydrogen-bond acceptors (Lipinski definition) is 6. The fourth-order valence-electron chi connectivity index (χ4n) is 1.47. The number of esters is 1. The first-order valence-electron chi connectivity index (χ1n) is 5.94. The quantitative estimate of drug-likeness (QED) is 0.588. The summed E-state index contributed by atoms with van der Waals surface area (Å²) in [7, 11) is -3.90. The highest BCUT2D eigenvalue weighted by Gasteiger charge is 2.22. The van der Waals surface area contributed by atoms with E-state index in [1.165, 1.54) is 18.2 Å². The van der Waals surface area contributed by atoms with Gasteiger partial charge in [0.15, 0.2) is 9.84 Å². The van der Waals surface area contributed by atoms with Crippen molar-refractivity contribution in [1.82, 2.24) is 0 Å². The number of carbonyl (C=O) groups is 2. The first-order valence-corrected chi connectivity index (χ1v) is 8.14. The van der Waals surface area contributed by atoms with E-state index in [4.69, 9.17) is 17.3 Å². The van der Waals surface area contributed by atoms with Crippen LogP contribution in [0.25, 0.3) is 0 Å². The molecule has 0 heterocycles. The molecular weight excluding hydrogens is 320 g/mol. The maximum absolute atomic E-state index is 11.7. The summed E-state index contributed by atoms with van der Waals surface area (Å²) in [4.78, 5) is 22.8. The molecule has 1 aromatic carbocycles. The summed E-state index contributed by atoms with van der Waals surface area (Å²) in [6, 6.07) is 4.37. The summed E-state index contributed by atoms with van der Waals surface area (Å²) in [5.41, 5.74) is 6.08. The van der Waals surface area contributed by atoms with Gasteiger partial charge in [-0.15, -0.1) is 0 Å². The van der Waals surface area contributed by atoms with Gasteiger partial charge in [0, 0.05) is 5.02 Å². The fourth-order valence-corrected chi connectivity index (χ4v) is 2.66. The molecule has 0 aliphatic carbocycles. The van der Waals surface area contributed by atoms with Crippen molar-refractivity contribution in [1.29, 1.82) is 0 Å². The lowest BCUT2D eigenvalue weighted by molar-refractivity contribution is -0.139. The van der Waals surface area contributed by atoms with Gasteiger partial charge < -0.3 is 15.8 Å². The number of nitrogens with two attached hydrogens (primary N) is 1. The van der Waals surface area contributed by atoms with Gasteiger partial charge in [0.05, 0.1) is 18.0 Å². The Morgan fingerprint density at radius 3 is 2.57 bits per heavy atom. The lowest BCUT2D eigenvalue weighted by Crippen LogP contribution is -2.28. The van der Waals surface area contributed by atoms with Crippen LogP contribution in [0.5, 0.6) is 0 Å². The van der Waals surface area contributed by atoms with Gasteiger partial charge in [0.1, 0.15) is 11.5 Å². The van der Waals surface area contributed by atoms with E-state index in [1.54, 1.807) is 6.92 Å². The van der Waals surface area contributed by atoms with Gasteiger partial charge in [0.2, 0.25) is 5.91 Å². The fraction of sp³-hybridized carbons (Fsp3) is 0.333. The Morgan fingerprint density at radius 1 is 1.33 bits per heavy atom. The Balaban J connectivity index is 2.66. The van der Waals surface area contributed by atoms with Gasteiger partial charge in [-0.3, -0.25) is 9.59 Å². The van der Waals surface area contributed by atoms with Crippen molar-refractivity contribution >= 4 is 44.7 Å². The average molecular weight is 335 g/mol. The molecule has 0 saturated carbocycles. The van der Waals surface area contributed by atoms with E-state index in [0.29, 0.717) is 5.02 Å². The second kappa shape index (κ2) is 7.28. The molecule has 0 aromatic heterocycles. The SMILES string of the molecule is CCOC(=O)CS(=O)(=O)CC(=O)Nc1ccc(Cl)cc1N. The minimum Gasteiger partial charge on any atom is -0.465 e. The van der Waals surface area contributed by atoms with E-state index >= 15 is 0 Å². The molecule has 9 heteroatoms. The Kier molecular flexibility index (Phi) is 5.98. The van der Waals surface area contributed by atoms with Gasteiger partial charge in [0.25, 0.3) is 0 Å². The lowest BCUT2D eigenvalue weighted by atomic mass is 10.2. The minimum absolute atomic E-state index is 0.0713. The number of rotatable bonds is 6. The number of carbonyl (C=O) groups excluding carboxylic acids is 2. The first kappa shape index (κ1) is 17.3. The second-order valence-electron chi connectivity index (χ2n) is 4.12. The summed E-state index contributed by atoms with van der Waals surface area (Å²) in [5, 5.41) is 2.73. The molecule has 0 aliphatic rings. The molecule has 0 saturated heterocycles. The molecule has 0 fully saturated rings. The molecule has 1 rings (SSSR count). The number of sulfone groups is 1. The van der Waals surface area contributed by atoms with E-state index in [0.717, 1.165) is 0 Å². The van der Waals surface area contributed by atoms with Crippen LogP contribution in [0.1, 0.15) is 6.92 Å². The van der Waals surface area contributed by atoms with Crippen molar-refractivity contribution in [3.05, 3.63) is 23.2 Å². The molecule has 0 bridgehead atoms. The second-order valence-corrected chi connectivity index (χ2v) is 6.62. The minimum atomic E-state index is -3.90. The molecule has 7 nitrogen and oxygen atoms in total. The van der Waals surface area contributed by atoms with Crippen molar-refractivity contribution in [2.75, 3.05) is 29.2 Å². The van der Waals surface area contributed by atoms with E-state index in [1.807, 2.05) is 0 Å². The third-order valence-corrected chi connectivity index (χ3v) is 3.89. The highest BCUT2D eigenvalue weighted by atomic mass is 35.5. The van der Waals surface area contributed by atoms with Crippen LogP contribution < -0.4 is 11.1 Å². The van der Waals surface area contributed by atoms with Crippen LogP contribution in [-0.2, 0) is 24.2 Å². The Labute approximate surface area is 127 Å². The molecule has 3 N–H and O–H groups in total. The van der Waals surface area contributed by atoms with Crippen LogP contribution in [-0.4, -0.2) is 38.4 Å². The smallest absolute Gasteiger partial charge is 0.321 e. The largest absolute Gasteiger partial charge is 0.465 e. The van der Waals surface area contributed by atoms with Gasteiger partial charge in [-0.05, 0) is 25.1 Å². The third kappa shape index (κ3) is 6.01. The topological polar surface area (TPSA) is 116 Å². The molecular formula is C12H15ClN2O5S. The Morgan fingerprint density at radius 2 is 2.00 bits per heavy atom. The summed E-state index contributed by atoms with van der Waals surface area (Å²) in [6.45, 7) is 1.63. The van der Waals surface area contributed by atoms with Crippen molar-refractivity contribution in [2.24, 2.45) is 0 Å². The van der Waals surface area contributed by atoms with Gasteiger partial charge >= 0.3 is 5.97 Å². The summed E-state index contributed by atoms with van der Waals surface area (Å²) < 4.78 is 27.8. The highest BCUT2D eigenvalue weighted by molar-refractivity contribution is 7.92. The predicted octanol–water partition coefficient (Wildman–Crippen LogP) is 0.839. The molecule has 1 aromatic rings. The van der Waals surface area contributed by atoms with Crippen LogP contribution in [0.3, 0.4) is 0 Å². The van der Waals surface area contributed by atoms with Crippen LogP contribution in [0.2, 0.25) is 5.02 Å². The van der Waals surface area contributed by atoms with Crippen LogP contribution in [0.4, 0.5) is 11.4 Å². The average Bonchev–Trinajstić information content (AvgIpc) is 2.31. The molecule has 0 spiro atoms. The molecule has 0 aliphatic heterocycles. The first-order chi connectivity index (χ1) is 9.73. The number of nitrogen functional groups attached to an aromatic ring is 1. The summed E-state index contributed by atoms with van der Waals surface area (Å²) in [6.07, 6.45) is 0. The van der Waals surface area contributed by atoms with Crippen molar-refractivity contribution < 1.29 is 22.7 Å². The van der Waals surface area contributed by atoms with Gasteiger partial charge in [-0.2, -0.15) is 0 Å². The summed E-state index contributed by atoms with van der Waals surface area (Å²) in [5.74, 6) is -3.37. The maximum Gasteiger partial charge on any atom is 0.321 e. The zero-order valence-corrected chi connectivity index (χ0v) is 12.8. The number of nitrogens with one attached hydrogen (secondary N) is 1. The standard InChI is InChI=1S/C12H15ClN2O5S/c1-2-20-12(17)7-21(18,19)6-11(16)15-10-4-3-8(13)5-9(10)14/h3-5H,2,6-7,14H2,1H3,(H,15,16).